The Morgan fingerprint density at radius 3 is 2.00 bits per heavy atom. The average Bonchev–Trinajstić information content (AvgIpc) is 2.19. The van der Waals surface area contributed by atoms with Crippen molar-refractivity contribution in [2.75, 3.05) is 13.6 Å². The molecule has 0 aromatic carbocycles. The summed E-state index contributed by atoms with van der Waals surface area (Å²) in [5.74, 6) is 0.242. The van der Waals surface area contributed by atoms with Crippen LogP contribution >= 0.6 is 0 Å². The predicted molar refractivity (Wildman–Crippen MR) is 76.6 cm³/mol. The van der Waals surface area contributed by atoms with Crippen LogP contribution < -0.4 is 0 Å². The van der Waals surface area contributed by atoms with Crippen LogP contribution in [0.4, 0.5) is 0 Å². The summed E-state index contributed by atoms with van der Waals surface area (Å²) in [6.07, 6.45) is 0. The molecule has 0 saturated carbocycles. The summed E-state index contributed by atoms with van der Waals surface area (Å²) in [6.45, 7) is 18.0. The first-order valence-corrected chi connectivity index (χ1v) is 6.87. The number of rotatable bonds is 1. The highest BCUT2D eigenvalue weighted by Gasteiger charge is 2.50. The Labute approximate surface area is 113 Å². The van der Waals surface area contributed by atoms with Crippen LogP contribution in [0, 0.1) is 5.41 Å². The second-order valence-corrected chi connectivity index (χ2v) is 7.91. The van der Waals surface area contributed by atoms with Crippen molar-refractivity contribution in [3.05, 3.63) is 0 Å². The van der Waals surface area contributed by atoms with Gasteiger partial charge in [0, 0.05) is 18.1 Å². The van der Waals surface area contributed by atoms with Gasteiger partial charge in [0.2, 0.25) is 5.91 Å². The van der Waals surface area contributed by atoms with Crippen molar-refractivity contribution in [2.45, 2.75) is 72.5 Å². The van der Waals surface area contributed by atoms with Crippen molar-refractivity contribution in [3.8, 4) is 0 Å². The fourth-order valence-corrected chi connectivity index (χ4v) is 2.63. The van der Waals surface area contributed by atoms with Crippen molar-refractivity contribution in [3.63, 3.8) is 0 Å². The first-order valence-electron chi connectivity index (χ1n) is 6.87. The topological polar surface area (TPSA) is 23.6 Å². The van der Waals surface area contributed by atoms with E-state index in [0.29, 0.717) is 0 Å². The average molecular weight is 254 g/mol. The first kappa shape index (κ1) is 15.5. The van der Waals surface area contributed by atoms with E-state index in [1.807, 2.05) is 13.8 Å². The Balaban J connectivity index is 3.13. The van der Waals surface area contributed by atoms with Gasteiger partial charge in [-0.05, 0) is 47.1 Å². The quantitative estimate of drug-likeness (QED) is 0.718. The van der Waals surface area contributed by atoms with Crippen molar-refractivity contribution in [1.29, 1.82) is 0 Å². The van der Waals surface area contributed by atoms with E-state index in [4.69, 9.17) is 0 Å². The van der Waals surface area contributed by atoms with E-state index < -0.39 is 5.54 Å². The van der Waals surface area contributed by atoms with Crippen LogP contribution in [0.1, 0.15) is 55.4 Å². The van der Waals surface area contributed by atoms with Crippen LogP contribution in [0.3, 0.4) is 0 Å². The lowest BCUT2D eigenvalue weighted by atomic mass is 9.81. The van der Waals surface area contributed by atoms with E-state index in [2.05, 4.69) is 58.4 Å². The smallest absolute Gasteiger partial charge is 0.242 e. The molecule has 1 heterocycles. The van der Waals surface area contributed by atoms with Crippen LogP contribution in [-0.2, 0) is 4.79 Å². The van der Waals surface area contributed by atoms with Gasteiger partial charge in [-0.2, -0.15) is 0 Å². The summed E-state index contributed by atoms with van der Waals surface area (Å²) in [5, 5.41) is 0. The number of likely N-dealkylation sites (N-methyl/N-ethyl adjacent to an activating group) is 1. The molecule has 1 amide bonds. The second kappa shape index (κ2) is 4.22. The molecule has 18 heavy (non-hydrogen) atoms. The zero-order valence-corrected chi connectivity index (χ0v) is 13.6. The van der Waals surface area contributed by atoms with Gasteiger partial charge >= 0.3 is 0 Å². The van der Waals surface area contributed by atoms with E-state index in [-0.39, 0.29) is 22.9 Å². The Hall–Kier alpha value is -0.570. The summed E-state index contributed by atoms with van der Waals surface area (Å²) in [6, 6.07) is 0.247. The zero-order valence-electron chi connectivity index (χ0n) is 13.6. The number of nitrogens with zero attached hydrogens (tertiary/aromatic N) is 2. The highest BCUT2D eigenvalue weighted by atomic mass is 16.2. The summed E-state index contributed by atoms with van der Waals surface area (Å²) in [5.41, 5.74) is -0.310. The van der Waals surface area contributed by atoms with E-state index in [1.165, 1.54) is 0 Å². The van der Waals surface area contributed by atoms with Gasteiger partial charge in [0.25, 0.3) is 0 Å². The lowest BCUT2D eigenvalue weighted by molar-refractivity contribution is -0.163. The third-order valence-electron chi connectivity index (χ3n) is 4.81. The predicted octanol–water partition coefficient (Wildman–Crippen LogP) is 2.75. The van der Waals surface area contributed by atoms with Gasteiger partial charge in [0.05, 0.1) is 5.54 Å². The van der Waals surface area contributed by atoms with Gasteiger partial charge in [0.1, 0.15) is 0 Å². The number of amides is 1. The molecule has 1 aliphatic heterocycles. The zero-order chi connectivity index (χ0) is 14.5. The lowest BCUT2D eigenvalue weighted by Crippen LogP contribution is -2.72. The minimum Gasteiger partial charge on any atom is -0.336 e. The van der Waals surface area contributed by atoms with Crippen molar-refractivity contribution in [1.82, 2.24) is 9.80 Å². The molecule has 0 N–H and O–H groups in total. The number of carbonyl (C=O) groups is 1. The Morgan fingerprint density at radius 1 is 1.17 bits per heavy atom. The monoisotopic (exact) mass is 254 g/mol. The maximum atomic E-state index is 12.7. The SMILES string of the molecule is CC(N1CC(C)(C)N(C)C(C)(C)C1=O)C(C)(C)C. The lowest BCUT2D eigenvalue weighted by Gasteiger charge is -2.56. The van der Waals surface area contributed by atoms with E-state index in [1.54, 1.807) is 0 Å². The molecule has 0 spiro atoms. The standard InChI is InChI=1S/C15H30N2O/c1-11(13(2,3)4)17-10-14(5,6)16(9)15(7,8)12(17)18/h11H,10H2,1-9H3. The molecular formula is C15H30N2O. The molecule has 0 aromatic rings. The summed E-state index contributed by atoms with van der Waals surface area (Å²) in [7, 11) is 2.05. The summed E-state index contributed by atoms with van der Waals surface area (Å²) < 4.78 is 0. The van der Waals surface area contributed by atoms with Crippen LogP contribution in [0.2, 0.25) is 0 Å². The molecule has 1 atom stereocenters. The van der Waals surface area contributed by atoms with Crippen molar-refractivity contribution >= 4 is 5.91 Å². The highest BCUT2D eigenvalue weighted by Crippen LogP contribution is 2.35. The van der Waals surface area contributed by atoms with E-state index in [9.17, 15) is 4.79 Å². The van der Waals surface area contributed by atoms with Gasteiger partial charge in [0.15, 0.2) is 0 Å². The molecule has 1 fully saturated rings. The molecule has 1 aliphatic rings. The summed E-state index contributed by atoms with van der Waals surface area (Å²) >= 11 is 0. The largest absolute Gasteiger partial charge is 0.336 e. The first-order chi connectivity index (χ1) is 7.82. The van der Waals surface area contributed by atoms with E-state index >= 15 is 0 Å². The number of piperazine rings is 1. The Morgan fingerprint density at radius 2 is 1.61 bits per heavy atom. The number of carbonyl (C=O) groups excluding carboxylic acids is 1. The molecule has 3 nitrogen and oxygen atoms in total. The minimum absolute atomic E-state index is 0.0108. The normalized spacial score (nSPS) is 26.3. The van der Waals surface area contributed by atoms with E-state index in [0.717, 1.165) is 6.54 Å². The van der Waals surface area contributed by atoms with Gasteiger partial charge in [-0.1, -0.05) is 20.8 Å². The fraction of sp³-hybridized carbons (Fsp3) is 0.933. The highest BCUT2D eigenvalue weighted by molar-refractivity contribution is 5.87. The van der Waals surface area contributed by atoms with Gasteiger partial charge < -0.3 is 4.90 Å². The van der Waals surface area contributed by atoms with Crippen LogP contribution in [0.15, 0.2) is 0 Å². The third kappa shape index (κ3) is 2.42. The maximum Gasteiger partial charge on any atom is 0.242 e. The molecule has 3 heteroatoms. The minimum atomic E-state index is -0.429. The molecule has 0 aliphatic carbocycles. The number of hydrogen-bond donors (Lipinski definition) is 0. The van der Waals surface area contributed by atoms with Crippen molar-refractivity contribution in [2.24, 2.45) is 5.41 Å². The molecule has 0 aromatic heterocycles. The molecule has 1 saturated heterocycles. The Kier molecular flexibility index (Phi) is 3.63. The van der Waals surface area contributed by atoms with Gasteiger partial charge in [-0.25, -0.2) is 0 Å². The maximum absolute atomic E-state index is 12.7. The second-order valence-electron chi connectivity index (χ2n) is 7.91. The third-order valence-corrected chi connectivity index (χ3v) is 4.81. The Bertz CT molecular complexity index is 339. The van der Waals surface area contributed by atoms with Gasteiger partial charge in [-0.3, -0.25) is 9.69 Å². The van der Waals surface area contributed by atoms with Gasteiger partial charge in [-0.15, -0.1) is 0 Å². The summed E-state index contributed by atoms with van der Waals surface area (Å²) in [4.78, 5) is 17.0. The molecular weight excluding hydrogens is 224 g/mol. The molecule has 1 rings (SSSR count). The van der Waals surface area contributed by atoms with Crippen LogP contribution in [-0.4, -0.2) is 46.4 Å². The molecule has 1 unspecified atom stereocenters. The molecule has 0 bridgehead atoms. The van der Waals surface area contributed by atoms with Crippen molar-refractivity contribution < 1.29 is 4.79 Å². The molecule has 0 radical (unpaired) electrons. The van der Waals surface area contributed by atoms with Crippen LogP contribution in [0.25, 0.3) is 0 Å². The van der Waals surface area contributed by atoms with Crippen LogP contribution in [0.5, 0.6) is 0 Å². The number of hydrogen-bond acceptors (Lipinski definition) is 2. The fourth-order valence-electron chi connectivity index (χ4n) is 2.63. The molecule has 106 valence electrons.